The molecule has 0 atom stereocenters. The zero-order valence-electron chi connectivity index (χ0n) is 20.6. The number of nitrogens with one attached hydrogen (secondary N) is 2. The van der Waals surface area contributed by atoms with Crippen molar-refractivity contribution >= 4 is 33.2 Å². The number of nitrogens with zero attached hydrogens (tertiary/aromatic N) is 1. The van der Waals surface area contributed by atoms with E-state index in [1.165, 1.54) is 10.6 Å². The van der Waals surface area contributed by atoms with Crippen molar-refractivity contribution in [3.05, 3.63) is 95.1 Å². The first-order valence-electron chi connectivity index (χ1n) is 11.2. The first-order valence-corrected chi connectivity index (χ1v) is 13.0. The number of rotatable bonds is 7. The van der Waals surface area contributed by atoms with Gasteiger partial charge in [-0.1, -0.05) is 36.4 Å². The molecule has 3 aromatic rings. The van der Waals surface area contributed by atoms with Crippen LogP contribution in [0.15, 0.2) is 72.8 Å². The number of anilines is 2. The number of hydrogen-bond acceptors (Lipinski definition) is 4. The van der Waals surface area contributed by atoms with Crippen molar-refractivity contribution in [1.29, 1.82) is 0 Å². The van der Waals surface area contributed by atoms with Gasteiger partial charge in [0.2, 0.25) is 10.0 Å². The number of aryl methyl sites for hydroxylation is 1. The largest absolute Gasteiger partial charge is 0.347 e. The lowest BCUT2D eigenvalue weighted by molar-refractivity contribution is 0.0920. The second-order valence-electron chi connectivity index (χ2n) is 9.51. The average Bonchev–Trinajstić information content (AvgIpc) is 2.76. The van der Waals surface area contributed by atoms with Crippen LogP contribution in [0.5, 0.6) is 0 Å². The Morgan fingerprint density at radius 2 is 1.54 bits per heavy atom. The van der Waals surface area contributed by atoms with E-state index in [-0.39, 0.29) is 18.4 Å². The standard InChI is InChI=1S/C27H31N3O4S/c1-19-9-8-10-22(17-19)30(35(5,33)34)18-20-13-15-21(16-14-20)25(31)28-24-12-7-6-11-23(24)26(32)29-27(2,3)4/h6-17H,18H2,1-5H3,(H,28,31)(H,29,32). The summed E-state index contributed by atoms with van der Waals surface area (Å²) >= 11 is 0. The van der Waals surface area contributed by atoms with E-state index in [0.717, 1.165) is 11.1 Å². The molecular weight excluding hydrogens is 462 g/mol. The molecule has 0 radical (unpaired) electrons. The lowest BCUT2D eigenvalue weighted by Gasteiger charge is -2.23. The van der Waals surface area contributed by atoms with E-state index in [9.17, 15) is 18.0 Å². The van der Waals surface area contributed by atoms with Crippen molar-refractivity contribution in [3.8, 4) is 0 Å². The van der Waals surface area contributed by atoms with Gasteiger partial charge in [-0.15, -0.1) is 0 Å². The quantitative estimate of drug-likeness (QED) is 0.497. The minimum atomic E-state index is -3.51. The monoisotopic (exact) mass is 493 g/mol. The lowest BCUT2D eigenvalue weighted by atomic mass is 10.1. The summed E-state index contributed by atoms with van der Waals surface area (Å²) in [6.45, 7) is 7.70. The smallest absolute Gasteiger partial charge is 0.255 e. The van der Waals surface area contributed by atoms with Crippen molar-refractivity contribution in [2.45, 2.75) is 39.8 Å². The molecule has 0 saturated heterocycles. The Morgan fingerprint density at radius 3 is 2.14 bits per heavy atom. The fourth-order valence-corrected chi connectivity index (χ4v) is 4.38. The molecule has 0 aliphatic heterocycles. The molecule has 3 aromatic carbocycles. The van der Waals surface area contributed by atoms with Crippen molar-refractivity contribution in [2.75, 3.05) is 15.9 Å². The summed E-state index contributed by atoms with van der Waals surface area (Å²) in [5, 5.41) is 5.70. The highest BCUT2D eigenvalue weighted by Gasteiger charge is 2.20. The second kappa shape index (κ2) is 10.3. The van der Waals surface area contributed by atoms with E-state index in [2.05, 4.69) is 10.6 Å². The molecule has 0 unspecified atom stereocenters. The summed E-state index contributed by atoms with van der Waals surface area (Å²) in [4.78, 5) is 25.5. The topological polar surface area (TPSA) is 95.6 Å². The van der Waals surface area contributed by atoms with E-state index >= 15 is 0 Å². The molecule has 0 heterocycles. The second-order valence-corrected chi connectivity index (χ2v) is 11.4. The summed E-state index contributed by atoms with van der Waals surface area (Å²) in [7, 11) is -3.51. The van der Waals surface area contributed by atoms with E-state index in [1.807, 2.05) is 45.9 Å². The zero-order valence-corrected chi connectivity index (χ0v) is 21.4. The van der Waals surface area contributed by atoms with Crippen molar-refractivity contribution in [3.63, 3.8) is 0 Å². The summed E-state index contributed by atoms with van der Waals surface area (Å²) in [6, 6.07) is 20.8. The SMILES string of the molecule is Cc1cccc(N(Cc2ccc(C(=O)Nc3ccccc3C(=O)NC(C)(C)C)cc2)S(C)(=O)=O)c1. The minimum Gasteiger partial charge on any atom is -0.347 e. The third-order valence-electron chi connectivity index (χ3n) is 5.14. The van der Waals surface area contributed by atoms with Crippen molar-refractivity contribution in [2.24, 2.45) is 0 Å². The molecule has 184 valence electrons. The Hall–Kier alpha value is -3.65. The Balaban J connectivity index is 1.77. The van der Waals surface area contributed by atoms with Crippen molar-refractivity contribution in [1.82, 2.24) is 5.32 Å². The molecule has 35 heavy (non-hydrogen) atoms. The van der Waals surface area contributed by atoms with Gasteiger partial charge in [0.15, 0.2) is 0 Å². The zero-order chi connectivity index (χ0) is 25.8. The normalized spacial score (nSPS) is 11.6. The number of hydrogen-bond donors (Lipinski definition) is 2. The van der Waals surface area contributed by atoms with Gasteiger partial charge >= 0.3 is 0 Å². The maximum absolute atomic E-state index is 12.9. The highest BCUT2D eigenvalue weighted by molar-refractivity contribution is 7.92. The fourth-order valence-electron chi connectivity index (χ4n) is 3.50. The molecular formula is C27H31N3O4S. The molecule has 0 fully saturated rings. The van der Waals surface area contributed by atoms with Crippen LogP contribution in [0.1, 0.15) is 52.6 Å². The molecule has 0 aliphatic carbocycles. The first-order chi connectivity index (χ1) is 16.3. The molecule has 2 amide bonds. The van der Waals surface area contributed by atoms with Crippen molar-refractivity contribution < 1.29 is 18.0 Å². The number of carbonyl (C=O) groups excluding carboxylic acids is 2. The Morgan fingerprint density at radius 1 is 0.886 bits per heavy atom. The molecule has 0 bridgehead atoms. The Kier molecular flexibility index (Phi) is 7.65. The van der Waals surface area contributed by atoms with Crippen LogP contribution in [0.25, 0.3) is 0 Å². The van der Waals surface area contributed by atoms with Gasteiger partial charge in [-0.3, -0.25) is 13.9 Å². The van der Waals surface area contributed by atoms with Crippen LogP contribution in [0.2, 0.25) is 0 Å². The van der Waals surface area contributed by atoms with Crippen LogP contribution < -0.4 is 14.9 Å². The molecule has 8 heteroatoms. The van der Waals surface area contributed by atoms with E-state index in [1.54, 1.807) is 54.6 Å². The summed E-state index contributed by atoms with van der Waals surface area (Å²) in [5.74, 6) is -0.646. The van der Waals surface area contributed by atoms with Crippen LogP contribution in [0.3, 0.4) is 0 Å². The maximum Gasteiger partial charge on any atom is 0.255 e. The van der Waals surface area contributed by atoms with E-state index in [4.69, 9.17) is 0 Å². The van der Waals surface area contributed by atoms with Crippen LogP contribution in [0, 0.1) is 6.92 Å². The molecule has 0 saturated carbocycles. The Labute approximate surface area is 207 Å². The molecule has 7 nitrogen and oxygen atoms in total. The van der Waals surface area contributed by atoms with Gasteiger partial charge in [0.25, 0.3) is 11.8 Å². The summed E-state index contributed by atoms with van der Waals surface area (Å²) in [6.07, 6.45) is 1.17. The minimum absolute atomic E-state index is 0.139. The fraction of sp³-hybridized carbons (Fsp3) is 0.259. The van der Waals surface area contributed by atoms with Gasteiger partial charge in [-0.2, -0.15) is 0 Å². The summed E-state index contributed by atoms with van der Waals surface area (Å²) < 4.78 is 26.2. The summed E-state index contributed by atoms with van der Waals surface area (Å²) in [5.41, 5.74) is 3.03. The molecule has 0 aromatic heterocycles. The molecule has 3 rings (SSSR count). The van der Waals surface area contributed by atoms with Gasteiger partial charge in [-0.25, -0.2) is 8.42 Å². The lowest BCUT2D eigenvalue weighted by Crippen LogP contribution is -2.40. The molecule has 0 spiro atoms. The van der Waals surface area contributed by atoms with Crippen LogP contribution in [-0.4, -0.2) is 32.0 Å². The molecule has 0 aliphatic rings. The maximum atomic E-state index is 12.9. The third-order valence-corrected chi connectivity index (χ3v) is 6.28. The number of para-hydroxylation sites is 1. The van der Waals surface area contributed by atoms with Crippen LogP contribution >= 0.6 is 0 Å². The van der Waals surface area contributed by atoms with Gasteiger partial charge in [0, 0.05) is 11.1 Å². The van der Waals surface area contributed by atoms with Gasteiger partial charge in [0.1, 0.15) is 0 Å². The van der Waals surface area contributed by atoms with E-state index < -0.39 is 15.6 Å². The van der Waals surface area contributed by atoms with Gasteiger partial charge < -0.3 is 10.6 Å². The number of carbonyl (C=O) groups is 2. The number of benzene rings is 3. The highest BCUT2D eigenvalue weighted by Crippen LogP contribution is 2.22. The highest BCUT2D eigenvalue weighted by atomic mass is 32.2. The predicted molar refractivity (Wildman–Crippen MR) is 140 cm³/mol. The first kappa shape index (κ1) is 26.0. The number of sulfonamides is 1. The van der Waals surface area contributed by atoms with Gasteiger partial charge in [0.05, 0.1) is 29.7 Å². The van der Waals surface area contributed by atoms with Gasteiger partial charge in [-0.05, 0) is 75.2 Å². The van der Waals surface area contributed by atoms with Crippen LogP contribution in [-0.2, 0) is 16.6 Å². The van der Waals surface area contributed by atoms with Crippen LogP contribution in [0.4, 0.5) is 11.4 Å². The Bertz CT molecular complexity index is 1330. The average molecular weight is 494 g/mol. The van der Waals surface area contributed by atoms with E-state index in [0.29, 0.717) is 22.5 Å². The predicted octanol–water partition coefficient (Wildman–Crippen LogP) is 4.74. The molecule has 2 N–H and O–H groups in total. The number of amides is 2. The third kappa shape index (κ3) is 7.16.